The summed E-state index contributed by atoms with van der Waals surface area (Å²) >= 11 is 0. The molecule has 0 saturated heterocycles. The Morgan fingerprint density at radius 1 is 1.55 bits per heavy atom. The molecule has 0 aliphatic rings. The SMILES string of the molecule is C=C(C)c1cncc(C)c1N. The summed E-state index contributed by atoms with van der Waals surface area (Å²) in [6.07, 6.45) is 3.49. The van der Waals surface area contributed by atoms with Gasteiger partial charge in [0.15, 0.2) is 0 Å². The Hall–Kier alpha value is -1.31. The Kier molecular flexibility index (Phi) is 1.94. The third kappa shape index (κ3) is 1.40. The molecule has 11 heavy (non-hydrogen) atoms. The van der Waals surface area contributed by atoms with Gasteiger partial charge in [-0.05, 0) is 25.0 Å². The van der Waals surface area contributed by atoms with Crippen LogP contribution in [-0.2, 0) is 0 Å². The van der Waals surface area contributed by atoms with Gasteiger partial charge in [0.1, 0.15) is 0 Å². The van der Waals surface area contributed by atoms with E-state index in [4.69, 9.17) is 5.73 Å². The van der Waals surface area contributed by atoms with Crippen LogP contribution in [0.4, 0.5) is 5.69 Å². The van der Waals surface area contributed by atoms with E-state index in [9.17, 15) is 0 Å². The maximum absolute atomic E-state index is 5.78. The highest BCUT2D eigenvalue weighted by Crippen LogP contribution is 2.20. The summed E-state index contributed by atoms with van der Waals surface area (Å²) in [5.41, 5.74) is 9.48. The molecule has 1 heterocycles. The summed E-state index contributed by atoms with van der Waals surface area (Å²) in [7, 11) is 0. The number of hydrogen-bond donors (Lipinski definition) is 1. The highest BCUT2D eigenvalue weighted by atomic mass is 14.7. The molecule has 0 spiro atoms. The zero-order chi connectivity index (χ0) is 8.43. The van der Waals surface area contributed by atoms with Crippen LogP contribution in [0.25, 0.3) is 5.57 Å². The smallest absolute Gasteiger partial charge is 0.0450 e. The van der Waals surface area contributed by atoms with Crippen molar-refractivity contribution < 1.29 is 0 Å². The maximum Gasteiger partial charge on any atom is 0.0450 e. The van der Waals surface area contributed by atoms with Crippen LogP contribution in [0.15, 0.2) is 19.0 Å². The molecule has 0 saturated carbocycles. The molecule has 1 aromatic rings. The minimum absolute atomic E-state index is 0.785. The Bertz CT molecular complexity index is 290. The first kappa shape index (κ1) is 7.79. The molecule has 0 radical (unpaired) electrons. The van der Waals surface area contributed by atoms with E-state index in [0.717, 1.165) is 22.4 Å². The van der Waals surface area contributed by atoms with Gasteiger partial charge < -0.3 is 5.73 Å². The van der Waals surface area contributed by atoms with Crippen LogP contribution in [-0.4, -0.2) is 4.98 Å². The number of anilines is 1. The van der Waals surface area contributed by atoms with E-state index >= 15 is 0 Å². The molecule has 0 aromatic carbocycles. The van der Waals surface area contributed by atoms with Crippen LogP contribution in [0.1, 0.15) is 18.1 Å². The topological polar surface area (TPSA) is 38.9 Å². The van der Waals surface area contributed by atoms with Crippen molar-refractivity contribution in [3.63, 3.8) is 0 Å². The number of aryl methyl sites for hydroxylation is 1. The summed E-state index contributed by atoms with van der Waals surface area (Å²) in [5, 5.41) is 0. The molecule has 0 amide bonds. The normalized spacial score (nSPS) is 9.64. The molecule has 0 unspecified atom stereocenters. The number of hydrogen-bond acceptors (Lipinski definition) is 2. The number of pyridine rings is 1. The minimum Gasteiger partial charge on any atom is -0.398 e. The van der Waals surface area contributed by atoms with Crippen molar-refractivity contribution in [2.45, 2.75) is 13.8 Å². The number of nitrogens with zero attached hydrogens (tertiary/aromatic N) is 1. The average Bonchev–Trinajstić information content (AvgIpc) is 1.94. The molecule has 2 nitrogen and oxygen atoms in total. The first-order valence-corrected chi connectivity index (χ1v) is 3.49. The fraction of sp³-hybridized carbons (Fsp3) is 0.222. The molecule has 2 heteroatoms. The largest absolute Gasteiger partial charge is 0.398 e. The summed E-state index contributed by atoms with van der Waals surface area (Å²) in [6, 6.07) is 0. The molecular formula is C9H12N2. The number of rotatable bonds is 1. The molecule has 58 valence electrons. The van der Waals surface area contributed by atoms with Crippen LogP contribution < -0.4 is 5.73 Å². The van der Waals surface area contributed by atoms with Crippen LogP contribution >= 0.6 is 0 Å². The van der Waals surface area contributed by atoms with Gasteiger partial charge in [-0.2, -0.15) is 0 Å². The molecule has 2 N–H and O–H groups in total. The van der Waals surface area contributed by atoms with Crippen molar-refractivity contribution in [2.75, 3.05) is 5.73 Å². The first-order valence-electron chi connectivity index (χ1n) is 3.49. The fourth-order valence-electron chi connectivity index (χ4n) is 0.915. The van der Waals surface area contributed by atoms with Crippen LogP contribution in [0, 0.1) is 6.92 Å². The third-order valence-corrected chi connectivity index (χ3v) is 1.65. The zero-order valence-corrected chi connectivity index (χ0v) is 6.89. The highest BCUT2D eigenvalue weighted by Gasteiger charge is 2.01. The minimum atomic E-state index is 0.785. The van der Waals surface area contributed by atoms with Gasteiger partial charge in [-0.25, -0.2) is 0 Å². The van der Waals surface area contributed by atoms with Gasteiger partial charge in [-0.1, -0.05) is 6.58 Å². The van der Waals surface area contributed by atoms with Gasteiger partial charge in [-0.15, -0.1) is 0 Å². The molecule has 1 aromatic heterocycles. The zero-order valence-electron chi connectivity index (χ0n) is 6.89. The van der Waals surface area contributed by atoms with E-state index < -0.39 is 0 Å². The van der Waals surface area contributed by atoms with Gasteiger partial charge in [0, 0.05) is 23.6 Å². The second-order valence-electron chi connectivity index (χ2n) is 2.70. The van der Waals surface area contributed by atoms with Crippen LogP contribution in [0.2, 0.25) is 0 Å². The summed E-state index contributed by atoms with van der Waals surface area (Å²) in [4.78, 5) is 4.03. The van der Waals surface area contributed by atoms with Gasteiger partial charge in [0.05, 0.1) is 0 Å². The van der Waals surface area contributed by atoms with E-state index in [0.29, 0.717) is 0 Å². The molecule has 0 atom stereocenters. The van der Waals surface area contributed by atoms with E-state index in [-0.39, 0.29) is 0 Å². The van der Waals surface area contributed by atoms with Crippen molar-refractivity contribution in [3.8, 4) is 0 Å². The summed E-state index contributed by atoms with van der Waals surface area (Å²) in [6.45, 7) is 7.67. The van der Waals surface area contributed by atoms with Gasteiger partial charge in [0.25, 0.3) is 0 Å². The van der Waals surface area contributed by atoms with Crippen molar-refractivity contribution in [1.82, 2.24) is 4.98 Å². The third-order valence-electron chi connectivity index (χ3n) is 1.65. The molecular weight excluding hydrogens is 136 g/mol. The van der Waals surface area contributed by atoms with E-state index in [1.807, 2.05) is 13.8 Å². The second-order valence-corrected chi connectivity index (χ2v) is 2.70. The molecule has 0 fully saturated rings. The van der Waals surface area contributed by atoms with E-state index in [1.54, 1.807) is 12.4 Å². The van der Waals surface area contributed by atoms with Gasteiger partial charge in [-0.3, -0.25) is 4.98 Å². The predicted molar refractivity (Wildman–Crippen MR) is 48.1 cm³/mol. The lowest BCUT2D eigenvalue weighted by Crippen LogP contribution is -1.95. The van der Waals surface area contributed by atoms with Crippen LogP contribution in [0.3, 0.4) is 0 Å². The lowest BCUT2D eigenvalue weighted by Gasteiger charge is -2.05. The average molecular weight is 148 g/mol. The fourth-order valence-corrected chi connectivity index (χ4v) is 0.915. The monoisotopic (exact) mass is 148 g/mol. The molecule has 0 aliphatic carbocycles. The lowest BCUT2D eigenvalue weighted by molar-refractivity contribution is 1.25. The number of allylic oxidation sites excluding steroid dienone is 1. The Morgan fingerprint density at radius 3 is 2.64 bits per heavy atom. The lowest BCUT2D eigenvalue weighted by atomic mass is 10.1. The molecule has 1 rings (SSSR count). The quantitative estimate of drug-likeness (QED) is 0.661. The highest BCUT2D eigenvalue weighted by molar-refractivity contribution is 5.73. The predicted octanol–water partition coefficient (Wildman–Crippen LogP) is 2.01. The Labute approximate surface area is 66.8 Å². The maximum atomic E-state index is 5.78. The standard InChI is InChI=1S/C9H12N2/c1-6(2)8-5-11-4-7(3)9(8)10/h4-5H,1H2,2-3H3,(H2,10,11). The Balaban J connectivity index is 3.27. The van der Waals surface area contributed by atoms with E-state index in [1.165, 1.54) is 0 Å². The number of nitrogens with two attached hydrogens (primary N) is 1. The van der Waals surface area contributed by atoms with E-state index in [2.05, 4.69) is 11.6 Å². The molecule has 0 bridgehead atoms. The summed E-state index contributed by atoms with van der Waals surface area (Å²) < 4.78 is 0. The van der Waals surface area contributed by atoms with Crippen molar-refractivity contribution in [1.29, 1.82) is 0 Å². The summed E-state index contributed by atoms with van der Waals surface area (Å²) in [5.74, 6) is 0. The number of aromatic nitrogens is 1. The van der Waals surface area contributed by atoms with Crippen LogP contribution in [0.5, 0.6) is 0 Å². The molecule has 0 aliphatic heterocycles. The van der Waals surface area contributed by atoms with Gasteiger partial charge >= 0.3 is 0 Å². The number of nitrogen functional groups attached to an aromatic ring is 1. The second kappa shape index (κ2) is 2.74. The van der Waals surface area contributed by atoms with Crippen molar-refractivity contribution in [2.24, 2.45) is 0 Å². The first-order chi connectivity index (χ1) is 5.13. The van der Waals surface area contributed by atoms with Crippen molar-refractivity contribution >= 4 is 11.3 Å². The Morgan fingerprint density at radius 2 is 2.18 bits per heavy atom. The van der Waals surface area contributed by atoms with Gasteiger partial charge in [0.2, 0.25) is 0 Å². The van der Waals surface area contributed by atoms with Crippen molar-refractivity contribution in [3.05, 3.63) is 30.1 Å².